The predicted octanol–water partition coefficient (Wildman–Crippen LogP) is 2.73. The number of pyridine rings is 1. The number of carbonyl (C=O) groups excluding carboxylic acids is 1. The van der Waals surface area contributed by atoms with Crippen LogP contribution in [0.15, 0.2) is 22.9 Å². The van der Waals surface area contributed by atoms with Crippen LogP contribution in [0.4, 0.5) is 4.79 Å². The van der Waals surface area contributed by atoms with Gasteiger partial charge in [-0.1, -0.05) is 16.8 Å². The molecule has 0 aliphatic carbocycles. The Balaban J connectivity index is 1.69. The van der Waals surface area contributed by atoms with E-state index in [2.05, 4.69) is 15.1 Å². The topological polar surface area (TPSA) is 81.4 Å². The van der Waals surface area contributed by atoms with E-state index < -0.39 is 0 Å². The third-order valence-electron chi connectivity index (χ3n) is 3.70. The first-order valence-electron chi connectivity index (χ1n) is 6.96. The van der Waals surface area contributed by atoms with Crippen molar-refractivity contribution in [1.82, 2.24) is 20.0 Å². The van der Waals surface area contributed by atoms with Gasteiger partial charge in [0.15, 0.2) is 0 Å². The van der Waals surface area contributed by atoms with Crippen molar-refractivity contribution in [2.75, 3.05) is 20.2 Å². The van der Waals surface area contributed by atoms with Gasteiger partial charge in [0.25, 0.3) is 0 Å². The van der Waals surface area contributed by atoms with Crippen LogP contribution in [-0.4, -0.2) is 46.3 Å². The van der Waals surface area contributed by atoms with Crippen molar-refractivity contribution in [3.63, 3.8) is 0 Å². The maximum absolute atomic E-state index is 11.5. The second-order valence-corrected chi connectivity index (χ2v) is 5.44. The van der Waals surface area contributed by atoms with Crippen LogP contribution in [0.25, 0.3) is 11.4 Å². The zero-order chi connectivity index (χ0) is 15.5. The molecule has 0 spiro atoms. The number of halogens is 1. The van der Waals surface area contributed by atoms with E-state index in [9.17, 15) is 4.79 Å². The Kier molecular flexibility index (Phi) is 4.24. The second-order valence-electron chi connectivity index (χ2n) is 5.05. The minimum Gasteiger partial charge on any atom is -0.453 e. The van der Waals surface area contributed by atoms with Crippen molar-refractivity contribution in [2.24, 2.45) is 0 Å². The van der Waals surface area contributed by atoms with Crippen LogP contribution in [0.1, 0.15) is 24.7 Å². The van der Waals surface area contributed by atoms with Crippen molar-refractivity contribution in [3.8, 4) is 11.4 Å². The molecule has 8 heteroatoms. The van der Waals surface area contributed by atoms with Gasteiger partial charge in [0.1, 0.15) is 5.15 Å². The molecule has 1 aliphatic heterocycles. The van der Waals surface area contributed by atoms with Gasteiger partial charge in [-0.05, 0) is 25.0 Å². The van der Waals surface area contributed by atoms with E-state index >= 15 is 0 Å². The van der Waals surface area contributed by atoms with Gasteiger partial charge in [-0.3, -0.25) is 0 Å². The second kappa shape index (κ2) is 6.31. The molecule has 3 heterocycles. The van der Waals surface area contributed by atoms with E-state index in [0.717, 1.165) is 18.4 Å². The fourth-order valence-corrected chi connectivity index (χ4v) is 2.67. The van der Waals surface area contributed by atoms with Gasteiger partial charge in [-0.25, -0.2) is 9.78 Å². The molecule has 3 rings (SSSR count). The van der Waals surface area contributed by atoms with Crippen molar-refractivity contribution in [2.45, 2.75) is 18.8 Å². The zero-order valence-corrected chi connectivity index (χ0v) is 12.8. The van der Waals surface area contributed by atoms with Crippen LogP contribution in [0, 0.1) is 0 Å². The Morgan fingerprint density at radius 2 is 2.23 bits per heavy atom. The lowest BCUT2D eigenvalue weighted by atomic mass is 9.97. The first kappa shape index (κ1) is 14.8. The highest BCUT2D eigenvalue weighted by molar-refractivity contribution is 6.29. The molecule has 1 amide bonds. The highest BCUT2D eigenvalue weighted by Crippen LogP contribution is 2.29. The molecule has 0 N–H and O–H groups in total. The Morgan fingerprint density at radius 1 is 1.45 bits per heavy atom. The third-order valence-corrected chi connectivity index (χ3v) is 3.91. The highest BCUT2D eigenvalue weighted by Gasteiger charge is 2.28. The van der Waals surface area contributed by atoms with Gasteiger partial charge in [0.2, 0.25) is 11.7 Å². The van der Waals surface area contributed by atoms with E-state index in [1.165, 1.54) is 7.11 Å². The SMILES string of the molecule is COC(=O)N1CCC(c2nc(-c3ccnc(Cl)c3)no2)CC1. The molecule has 2 aromatic heterocycles. The predicted molar refractivity (Wildman–Crippen MR) is 78.5 cm³/mol. The van der Waals surface area contributed by atoms with Crippen LogP contribution in [0.2, 0.25) is 5.15 Å². The largest absolute Gasteiger partial charge is 0.453 e. The summed E-state index contributed by atoms with van der Waals surface area (Å²) >= 11 is 5.86. The van der Waals surface area contributed by atoms with Crippen LogP contribution < -0.4 is 0 Å². The Hall–Kier alpha value is -2.15. The molecule has 7 nitrogen and oxygen atoms in total. The molecule has 1 fully saturated rings. The number of methoxy groups -OCH3 is 1. The molecule has 0 radical (unpaired) electrons. The van der Waals surface area contributed by atoms with Gasteiger partial charge in [0.05, 0.1) is 7.11 Å². The van der Waals surface area contributed by atoms with E-state index in [4.69, 9.17) is 20.9 Å². The fourth-order valence-electron chi connectivity index (χ4n) is 2.50. The summed E-state index contributed by atoms with van der Waals surface area (Å²) in [7, 11) is 1.39. The molecule has 0 saturated carbocycles. The summed E-state index contributed by atoms with van der Waals surface area (Å²) in [6.45, 7) is 1.24. The van der Waals surface area contributed by atoms with E-state index in [1.807, 2.05) is 0 Å². The number of hydrogen-bond donors (Lipinski definition) is 0. The molecule has 0 bridgehead atoms. The number of hydrogen-bond acceptors (Lipinski definition) is 6. The molecule has 0 aromatic carbocycles. The molecule has 1 aliphatic rings. The summed E-state index contributed by atoms with van der Waals surface area (Å²) < 4.78 is 10.1. The Labute approximate surface area is 132 Å². The average molecular weight is 323 g/mol. The lowest BCUT2D eigenvalue weighted by Gasteiger charge is -2.28. The first-order valence-corrected chi connectivity index (χ1v) is 7.33. The minimum atomic E-state index is -0.295. The van der Waals surface area contributed by atoms with Gasteiger partial charge in [-0.15, -0.1) is 0 Å². The molecule has 1 saturated heterocycles. The van der Waals surface area contributed by atoms with Crippen LogP contribution in [0.3, 0.4) is 0 Å². The van der Waals surface area contributed by atoms with Gasteiger partial charge < -0.3 is 14.2 Å². The molecule has 0 unspecified atom stereocenters. The normalized spacial score (nSPS) is 15.8. The number of ether oxygens (including phenoxy) is 1. The number of amides is 1. The van der Waals surface area contributed by atoms with Crippen molar-refractivity contribution >= 4 is 17.7 Å². The average Bonchev–Trinajstić information content (AvgIpc) is 3.04. The highest BCUT2D eigenvalue weighted by atomic mass is 35.5. The lowest BCUT2D eigenvalue weighted by molar-refractivity contribution is 0.109. The van der Waals surface area contributed by atoms with Crippen LogP contribution >= 0.6 is 11.6 Å². The van der Waals surface area contributed by atoms with Gasteiger partial charge in [0, 0.05) is 30.8 Å². The first-order chi connectivity index (χ1) is 10.7. The van der Waals surface area contributed by atoms with Gasteiger partial charge in [-0.2, -0.15) is 4.98 Å². The number of nitrogens with zero attached hydrogens (tertiary/aromatic N) is 4. The molecular weight excluding hydrogens is 308 g/mol. The van der Waals surface area contributed by atoms with E-state index in [-0.39, 0.29) is 12.0 Å². The monoisotopic (exact) mass is 322 g/mol. The zero-order valence-electron chi connectivity index (χ0n) is 12.0. The van der Waals surface area contributed by atoms with Crippen molar-refractivity contribution in [3.05, 3.63) is 29.4 Å². The smallest absolute Gasteiger partial charge is 0.409 e. The minimum absolute atomic E-state index is 0.152. The Bertz CT molecular complexity index is 668. The van der Waals surface area contributed by atoms with E-state index in [1.54, 1.807) is 23.2 Å². The number of rotatable bonds is 2. The van der Waals surface area contributed by atoms with E-state index in [0.29, 0.717) is 30.0 Å². The number of piperidine rings is 1. The van der Waals surface area contributed by atoms with Gasteiger partial charge >= 0.3 is 6.09 Å². The number of aromatic nitrogens is 3. The number of likely N-dealkylation sites (tertiary alicyclic amines) is 1. The molecule has 116 valence electrons. The molecule has 2 aromatic rings. The lowest BCUT2D eigenvalue weighted by Crippen LogP contribution is -2.37. The maximum atomic E-state index is 11.5. The quantitative estimate of drug-likeness (QED) is 0.791. The summed E-state index contributed by atoms with van der Waals surface area (Å²) in [5.74, 6) is 1.24. The maximum Gasteiger partial charge on any atom is 0.409 e. The summed E-state index contributed by atoms with van der Waals surface area (Å²) in [5, 5.41) is 4.38. The van der Waals surface area contributed by atoms with Crippen LogP contribution in [-0.2, 0) is 4.74 Å². The Morgan fingerprint density at radius 3 is 2.91 bits per heavy atom. The van der Waals surface area contributed by atoms with Crippen molar-refractivity contribution in [1.29, 1.82) is 0 Å². The summed E-state index contributed by atoms with van der Waals surface area (Å²) in [5.41, 5.74) is 0.766. The third kappa shape index (κ3) is 3.04. The molecule has 0 atom stereocenters. The summed E-state index contributed by atoms with van der Waals surface area (Å²) in [4.78, 5) is 21.5. The van der Waals surface area contributed by atoms with Crippen LogP contribution in [0.5, 0.6) is 0 Å². The summed E-state index contributed by atoms with van der Waals surface area (Å²) in [6, 6.07) is 3.47. The molecular formula is C14H15ClN4O3. The number of carbonyl (C=O) groups is 1. The fraction of sp³-hybridized carbons (Fsp3) is 0.429. The standard InChI is InChI=1S/C14H15ClN4O3/c1-21-14(20)19-6-3-9(4-7-19)13-17-12(18-22-13)10-2-5-16-11(15)8-10/h2,5,8-9H,3-4,6-7H2,1H3. The van der Waals surface area contributed by atoms with Crippen molar-refractivity contribution < 1.29 is 14.1 Å². The molecule has 22 heavy (non-hydrogen) atoms. The summed E-state index contributed by atoms with van der Waals surface area (Å²) in [6.07, 6.45) is 2.85.